The fraction of sp³-hybridized carbons (Fsp3) is 0.0870. The Balaban J connectivity index is 0.00000102. The number of urea groups is 1. The first-order valence-electron chi connectivity index (χ1n) is 8.99. The summed E-state index contributed by atoms with van der Waals surface area (Å²) in [7, 11) is 0. The molecule has 0 saturated carbocycles. The van der Waals surface area contributed by atoms with E-state index < -0.39 is 0 Å². The molecule has 3 nitrogen and oxygen atoms in total. The van der Waals surface area contributed by atoms with Gasteiger partial charge in [0.25, 0.3) is 0 Å². The van der Waals surface area contributed by atoms with E-state index in [0.29, 0.717) is 0 Å². The van der Waals surface area contributed by atoms with E-state index in [9.17, 15) is 4.79 Å². The third-order valence-electron chi connectivity index (χ3n) is 4.12. The molecule has 4 heteroatoms. The number of nitrogens with one attached hydrogen (secondary N) is 1. The van der Waals surface area contributed by atoms with Gasteiger partial charge in [-0.2, -0.15) is 0 Å². The van der Waals surface area contributed by atoms with Crippen LogP contribution in [0.4, 0.5) is 21.9 Å². The largest absolute Gasteiger partial charge is 0.330 e. The van der Waals surface area contributed by atoms with Gasteiger partial charge in [-0.25, -0.2) is 4.79 Å². The number of carbonyl (C=O) groups is 1. The second kappa shape index (κ2) is 8.60. The Labute approximate surface area is 165 Å². The van der Waals surface area contributed by atoms with Gasteiger partial charge in [0.15, 0.2) is 0 Å². The van der Waals surface area contributed by atoms with Crippen LogP contribution in [0, 0.1) is 0 Å². The average Bonchev–Trinajstić information content (AvgIpc) is 2.88. The normalized spacial score (nSPS) is 11.4. The number of hydrogen-bond donors (Lipinski definition) is 2. The Morgan fingerprint density at radius 1 is 0.778 bits per heavy atom. The summed E-state index contributed by atoms with van der Waals surface area (Å²) in [6, 6.07) is 22.9. The fourth-order valence-electron chi connectivity index (χ4n) is 2.92. The molecule has 1 N–H and O–H groups in total. The molecule has 0 unspecified atom stereocenters. The molecule has 136 valence electrons. The zero-order valence-corrected chi connectivity index (χ0v) is 16.3. The number of amides is 2. The number of nitrogens with zero attached hydrogens (tertiary/aromatic N) is 1. The molecule has 1 heterocycles. The number of carbonyl (C=O) groups excluding carboxylic acids is 1. The molecule has 0 saturated heterocycles. The summed E-state index contributed by atoms with van der Waals surface area (Å²) in [5.41, 5.74) is 4.44. The smallest absolute Gasteiger partial charge is 0.307 e. The van der Waals surface area contributed by atoms with Crippen LogP contribution in [-0.2, 0) is 0 Å². The van der Waals surface area contributed by atoms with Crippen molar-refractivity contribution in [2.45, 2.75) is 18.7 Å². The fourth-order valence-corrected chi connectivity index (χ4v) is 3.07. The van der Waals surface area contributed by atoms with E-state index in [1.54, 1.807) is 4.90 Å². The molecule has 3 aromatic carbocycles. The first kappa shape index (κ1) is 18.8. The molecule has 0 atom stereocenters. The number of fused-ring (bicyclic) bond motifs is 2. The minimum atomic E-state index is -0.199. The van der Waals surface area contributed by atoms with Crippen LogP contribution < -0.4 is 10.2 Å². The molecular formula is C23H22N2OS. The van der Waals surface area contributed by atoms with Crippen LogP contribution in [0.25, 0.3) is 12.2 Å². The molecule has 0 aliphatic carbocycles. The van der Waals surface area contributed by atoms with Crippen molar-refractivity contribution in [3.63, 3.8) is 0 Å². The van der Waals surface area contributed by atoms with Gasteiger partial charge in [0, 0.05) is 10.6 Å². The van der Waals surface area contributed by atoms with Crippen molar-refractivity contribution in [1.29, 1.82) is 0 Å². The van der Waals surface area contributed by atoms with Crippen molar-refractivity contribution in [2.24, 2.45) is 0 Å². The maximum absolute atomic E-state index is 13.1. The third-order valence-corrected chi connectivity index (χ3v) is 4.42. The van der Waals surface area contributed by atoms with Crippen molar-refractivity contribution in [3.05, 3.63) is 83.9 Å². The van der Waals surface area contributed by atoms with Gasteiger partial charge in [-0.15, -0.1) is 12.6 Å². The quantitative estimate of drug-likeness (QED) is 0.448. The Bertz CT molecular complexity index is 915. The van der Waals surface area contributed by atoms with Crippen LogP contribution in [0.15, 0.2) is 77.7 Å². The topological polar surface area (TPSA) is 32.3 Å². The van der Waals surface area contributed by atoms with Gasteiger partial charge in [0.05, 0.1) is 11.4 Å². The Kier molecular flexibility index (Phi) is 5.99. The zero-order chi connectivity index (χ0) is 19.2. The molecule has 0 bridgehead atoms. The summed E-state index contributed by atoms with van der Waals surface area (Å²) in [4.78, 5) is 15.7. The first-order valence-corrected chi connectivity index (χ1v) is 9.43. The standard InChI is InChI=1S/C21H16N2OS.C2H6/c24-21(22-17-11-13-18(25)14-12-17)23-19-7-3-1-5-15(19)9-10-16-6-2-4-8-20(16)23;1-2/h1-14,25H,(H,22,24);1-2H3. The molecule has 0 radical (unpaired) electrons. The summed E-state index contributed by atoms with van der Waals surface area (Å²) in [5.74, 6) is 0. The molecule has 27 heavy (non-hydrogen) atoms. The lowest BCUT2D eigenvalue weighted by Gasteiger charge is -2.25. The Morgan fingerprint density at radius 3 is 1.78 bits per heavy atom. The predicted octanol–water partition coefficient (Wildman–Crippen LogP) is 6.86. The monoisotopic (exact) mass is 374 g/mol. The molecule has 1 aliphatic rings. The van der Waals surface area contributed by atoms with Crippen LogP contribution in [0.5, 0.6) is 0 Å². The van der Waals surface area contributed by atoms with Crippen molar-refractivity contribution in [1.82, 2.24) is 0 Å². The summed E-state index contributed by atoms with van der Waals surface area (Å²) >= 11 is 4.28. The average molecular weight is 375 g/mol. The second-order valence-corrected chi connectivity index (χ2v) is 6.28. The van der Waals surface area contributed by atoms with Crippen molar-refractivity contribution < 1.29 is 4.79 Å². The number of hydrogen-bond acceptors (Lipinski definition) is 2. The highest BCUT2D eigenvalue weighted by Crippen LogP contribution is 2.36. The summed E-state index contributed by atoms with van der Waals surface area (Å²) in [6.07, 6.45) is 4.08. The van der Waals surface area contributed by atoms with E-state index in [1.165, 1.54) is 0 Å². The van der Waals surface area contributed by atoms with Gasteiger partial charge >= 0.3 is 6.03 Å². The Morgan fingerprint density at radius 2 is 1.26 bits per heavy atom. The third kappa shape index (κ3) is 4.07. The van der Waals surface area contributed by atoms with E-state index in [2.05, 4.69) is 17.9 Å². The maximum atomic E-state index is 13.1. The van der Waals surface area contributed by atoms with Gasteiger partial charge in [-0.3, -0.25) is 4.90 Å². The minimum absolute atomic E-state index is 0.199. The molecule has 1 aliphatic heterocycles. The lowest BCUT2D eigenvalue weighted by Crippen LogP contribution is -2.31. The highest BCUT2D eigenvalue weighted by atomic mass is 32.1. The maximum Gasteiger partial charge on any atom is 0.330 e. The molecule has 2 amide bonds. The van der Waals surface area contributed by atoms with Gasteiger partial charge in [-0.05, 0) is 47.5 Å². The van der Waals surface area contributed by atoms with E-state index in [0.717, 1.165) is 33.1 Å². The van der Waals surface area contributed by atoms with Crippen molar-refractivity contribution >= 4 is 47.9 Å². The molecule has 0 spiro atoms. The van der Waals surface area contributed by atoms with E-state index in [4.69, 9.17) is 0 Å². The lowest BCUT2D eigenvalue weighted by atomic mass is 10.1. The van der Waals surface area contributed by atoms with Crippen molar-refractivity contribution in [3.8, 4) is 0 Å². The second-order valence-electron chi connectivity index (χ2n) is 5.76. The number of para-hydroxylation sites is 2. The van der Waals surface area contributed by atoms with Crippen LogP contribution in [0.1, 0.15) is 25.0 Å². The van der Waals surface area contributed by atoms with Gasteiger partial charge in [0.2, 0.25) is 0 Å². The van der Waals surface area contributed by atoms with Crippen LogP contribution >= 0.6 is 12.6 Å². The van der Waals surface area contributed by atoms with Crippen LogP contribution in [0.2, 0.25) is 0 Å². The summed E-state index contributed by atoms with van der Waals surface area (Å²) in [6.45, 7) is 4.00. The highest BCUT2D eigenvalue weighted by Gasteiger charge is 2.23. The predicted molar refractivity (Wildman–Crippen MR) is 118 cm³/mol. The summed E-state index contributed by atoms with van der Waals surface area (Å²) in [5, 5.41) is 2.97. The SMILES string of the molecule is CC.O=C(Nc1ccc(S)cc1)N1c2ccccc2C=Cc2ccccc21. The lowest BCUT2D eigenvalue weighted by molar-refractivity contribution is 0.259. The van der Waals surface area contributed by atoms with Gasteiger partial charge < -0.3 is 5.32 Å². The van der Waals surface area contributed by atoms with E-state index in [1.807, 2.05) is 98.8 Å². The zero-order valence-electron chi connectivity index (χ0n) is 15.4. The first-order chi connectivity index (χ1) is 13.2. The molecule has 0 fully saturated rings. The van der Waals surface area contributed by atoms with Gasteiger partial charge in [-0.1, -0.05) is 62.4 Å². The van der Waals surface area contributed by atoms with E-state index >= 15 is 0 Å². The van der Waals surface area contributed by atoms with Crippen LogP contribution in [0.3, 0.4) is 0 Å². The molecular weight excluding hydrogens is 352 g/mol. The number of thiol groups is 1. The van der Waals surface area contributed by atoms with Crippen LogP contribution in [-0.4, -0.2) is 6.03 Å². The van der Waals surface area contributed by atoms with Crippen molar-refractivity contribution in [2.75, 3.05) is 10.2 Å². The van der Waals surface area contributed by atoms with E-state index in [-0.39, 0.29) is 6.03 Å². The number of benzene rings is 3. The highest BCUT2D eigenvalue weighted by molar-refractivity contribution is 7.80. The summed E-state index contributed by atoms with van der Waals surface area (Å²) < 4.78 is 0. The number of anilines is 3. The van der Waals surface area contributed by atoms with Gasteiger partial charge in [0.1, 0.15) is 0 Å². The number of rotatable bonds is 1. The molecule has 3 aromatic rings. The molecule has 0 aromatic heterocycles. The Hall–Kier alpha value is -2.98. The molecule has 4 rings (SSSR count). The minimum Gasteiger partial charge on any atom is -0.307 e.